The van der Waals surface area contributed by atoms with Crippen LogP contribution in [-0.2, 0) is 11.3 Å². The highest BCUT2D eigenvalue weighted by Crippen LogP contribution is 2.19. The van der Waals surface area contributed by atoms with Crippen LogP contribution in [0.4, 0.5) is 13.2 Å². The Morgan fingerprint density at radius 2 is 2.35 bits per heavy atom. The monoisotopic (exact) mass is 291 g/mol. The normalized spacial score (nSPS) is 20.9. The Hall–Kier alpha value is -1.57. The zero-order valence-corrected chi connectivity index (χ0v) is 10.8. The maximum absolute atomic E-state index is 12.1. The fourth-order valence-corrected chi connectivity index (χ4v) is 2.29. The molecule has 5 nitrogen and oxygen atoms in total. The number of nitrogens with one attached hydrogen (secondary N) is 1. The maximum Gasteiger partial charge on any atom is 0.405 e. The van der Waals surface area contributed by atoms with Gasteiger partial charge in [0.2, 0.25) is 5.91 Å². The molecule has 0 aromatic carbocycles. The van der Waals surface area contributed by atoms with E-state index in [1.54, 1.807) is 6.07 Å². The zero-order chi connectivity index (χ0) is 14.6. The fourth-order valence-electron chi connectivity index (χ4n) is 2.29. The maximum atomic E-state index is 12.1. The van der Waals surface area contributed by atoms with Crippen molar-refractivity contribution in [2.45, 2.75) is 25.6 Å². The lowest BCUT2D eigenvalue weighted by Crippen LogP contribution is -2.44. The van der Waals surface area contributed by atoms with Crippen molar-refractivity contribution < 1.29 is 22.5 Å². The number of hydrogen-bond donors (Lipinski definition) is 1. The second-order valence-electron chi connectivity index (χ2n) is 4.89. The first-order valence-electron chi connectivity index (χ1n) is 6.40. The highest BCUT2D eigenvalue weighted by Gasteiger charge is 2.31. The van der Waals surface area contributed by atoms with Gasteiger partial charge in [0.15, 0.2) is 5.76 Å². The third-order valence-electron chi connectivity index (χ3n) is 3.21. The molecule has 1 saturated heterocycles. The van der Waals surface area contributed by atoms with Crippen molar-refractivity contribution in [3.8, 4) is 0 Å². The van der Waals surface area contributed by atoms with Crippen molar-refractivity contribution in [3.05, 3.63) is 18.0 Å². The van der Waals surface area contributed by atoms with Crippen LogP contribution >= 0.6 is 0 Å². The summed E-state index contributed by atoms with van der Waals surface area (Å²) in [4.78, 5) is 13.7. The van der Waals surface area contributed by atoms with Gasteiger partial charge in [0.05, 0.1) is 18.7 Å². The first kappa shape index (κ1) is 14.8. The minimum absolute atomic E-state index is 0.408. The van der Waals surface area contributed by atoms with Crippen LogP contribution in [0.1, 0.15) is 18.6 Å². The number of piperidine rings is 1. The molecule has 1 N–H and O–H groups in total. The SMILES string of the molecule is O=C(NCC(F)(F)F)[C@@H]1CCCN(Cc2ccno2)C1. The van der Waals surface area contributed by atoms with Crippen molar-refractivity contribution in [2.24, 2.45) is 5.92 Å². The number of hydrogen-bond acceptors (Lipinski definition) is 4. The molecule has 1 atom stereocenters. The topological polar surface area (TPSA) is 58.4 Å². The Labute approximate surface area is 114 Å². The van der Waals surface area contributed by atoms with Crippen LogP contribution in [0.15, 0.2) is 16.8 Å². The summed E-state index contributed by atoms with van der Waals surface area (Å²) in [5, 5.41) is 5.54. The predicted octanol–water partition coefficient (Wildman–Crippen LogP) is 1.57. The highest BCUT2D eigenvalue weighted by atomic mass is 19.4. The van der Waals surface area contributed by atoms with Crippen LogP contribution in [-0.4, -0.2) is 41.8 Å². The molecule has 20 heavy (non-hydrogen) atoms. The molecule has 2 heterocycles. The summed E-state index contributed by atoms with van der Waals surface area (Å²) in [6.07, 6.45) is -1.45. The molecule has 0 saturated carbocycles. The molecule has 2 rings (SSSR count). The van der Waals surface area contributed by atoms with Gasteiger partial charge in [-0.3, -0.25) is 9.69 Å². The molecular weight excluding hydrogens is 275 g/mol. The smallest absolute Gasteiger partial charge is 0.360 e. The first-order valence-corrected chi connectivity index (χ1v) is 6.40. The quantitative estimate of drug-likeness (QED) is 0.914. The molecule has 112 valence electrons. The van der Waals surface area contributed by atoms with E-state index in [9.17, 15) is 18.0 Å². The van der Waals surface area contributed by atoms with Crippen molar-refractivity contribution in [1.82, 2.24) is 15.4 Å². The van der Waals surface area contributed by atoms with E-state index in [4.69, 9.17) is 4.52 Å². The number of aromatic nitrogens is 1. The lowest BCUT2D eigenvalue weighted by atomic mass is 9.97. The van der Waals surface area contributed by atoms with E-state index in [-0.39, 0.29) is 0 Å². The van der Waals surface area contributed by atoms with Crippen LogP contribution in [0.25, 0.3) is 0 Å². The molecule has 1 aliphatic rings. The Kier molecular flexibility index (Phi) is 4.64. The lowest BCUT2D eigenvalue weighted by molar-refractivity contribution is -0.141. The summed E-state index contributed by atoms with van der Waals surface area (Å²) in [6, 6.07) is 1.73. The van der Waals surface area contributed by atoms with Gasteiger partial charge in [0, 0.05) is 12.6 Å². The van der Waals surface area contributed by atoms with E-state index in [0.717, 1.165) is 13.0 Å². The molecule has 0 bridgehead atoms. The van der Waals surface area contributed by atoms with Crippen molar-refractivity contribution >= 4 is 5.91 Å². The average Bonchev–Trinajstić information content (AvgIpc) is 2.88. The standard InChI is InChI=1S/C12H16F3N3O2/c13-12(14,15)8-16-11(19)9-2-1-5-18(6-9)7-10-3-4-17-20-10/h3-4,9H,1-2,5-8H2,(H,16,19)/t9-/m1/s1. The Bertz CT molecular complexity index is 434. The number of rotatable bonds is 4. The zero-order valence-electron chi connectivity index (χ0n) is 10.8. The number of amides is 1. The Morgan fingerprint density at radius 1 is 1.55 bits per heavy atom. The number of nitrogens with zero attached hydrogens (tertiary/aromatic N) is 2. The minimum Gasteiger partial charge on any atom is -0.360 e. The summed E-state index contributed by atoms with van der Waals surface area (Å²) in [5.74, 6) is -0.264. The molecule has 1 aromatic rings. The largest absolute Gasteiger partial charge is 0.405 e. The van der Waals surface area contributed by atoms with Crippen LogP contribution < -0.4 is 5.32 Å². The summed E-state index contributed by atoms with van der Waals surface area (Å²) < 4.78 is 41.2. The van der Waals surface area contributed by atoms with Gasteiger partial charge >= 0.3 is 6.18 Å². The third kappa shape index (κ3) is 4.52. The van der Waals surface area contributed by atoms with E-state index < -0.39 is 24.5 Å². The number of likely N-dealkylation sites (tertiary alicyclic amines) is 1. The van der Waals surface area contributed by atoms with Gasteiger partial charge in [-0.05, 0) is 19.4 Å². The molecule has 1 aliphatic heterocycles. The van der Waals surface area contributed by atoms with Crippen LogP contribution in [0.2, 0.25) is 0 Å². The van der Waals surface area contributed by atoms with Gasteiger partial charge in [-0.2, -0.15) is 13.2 Å². The molecule has 8 heteroatoms. The van der Waals surface area contributed by atoms with E-state index in [1.165, 1.54) is 6.20 Å². The second kappa shape index (κ2) is 6.25. The first-order chi connectivity index (χ1) is 9.44. The summed E-state index contributed by atoms with van der Waals surface area (Å²) >= 11 is 0. The molecule has 1 amide bonds. The molecule has 0 aliphatic carbocycles. The van der Waals surface area contributed by atoms with Crippen LogP contribution in [0.3, 0.4) is 0 Å². The van der Waals surface area contributed by atoms with Gasteiger partial charge in [0.25, 0.3) is 0 Å². The summed E-state index contributed by atoms with van der Waals surface area (Å²) in [5.41, 5.74) is 0. The van der Waals surface area contributed by atoms with Gasteiger partial charge in [-0.1, -0.05) is 5.16 Å². The van der Waals surface area contributed by atoms with E-state index >= 15 is 0 Å². The van der Waals surface area contributed by atoms with Gasteiger partial charge in [-0.15, -0.1) is 0 Å². The Balaban J connectivity index is 1.82. The molecule has 1 aromatic heterocycles. The van der Waals surface area contributed by atoms with Crippen molar-refractivity contribution in [2.75, 3.05) is 19.6 Å². The highest BCUT2D eigenvalue weighted by molar-refractivity contribution is 5.79. The number of carbonyl (C=O) groups is 1. The third-order valence-corrected chi connectivity index (χ3v) is 3.21. The molecular formula is C12H16F3N3O2. The van der Waals surface area contributed by atoms with Crippen molar-refractivity contribution in [1.29, 1.82) is 0 Å². The van der Waals surface area contributed by atoms with Gasteiger partial charge < -0.3 is 9.84 Å². The van der Waals surface area contributed by atoms with Crippen molar-refractivity contribution in [3.63, 3.8) is 0 Å². The molecule has 1 fully saturated rings. The summed E-state index contributed by atoms with van der Waals surface area (Å²) in [7, 11) is 0. The fraction of sp³-hybridized carbons (Fsp3) is 0.667. The van der Waals surface area contributed by atoms with Crippen LogP contribution in [0, 0.1) is 5.92 Å². The second-order valence-corrected chi connectivity index (χ2v) is 4.89. The number of alkyl halides is 3. The average molecular weight is 291 g/mol. The number of halogens is 3. The molecule has 0 spiro atoms. The number of carbonyl (C=O) groups excluding carboxylic acids is 1. The van der Waals surface area contributed by atoms with E-state index in [2.05, 4.69) is 5.16 Å². The van der Waals surface area contributed by atoms with Crippen LogP contribution in [0.5, 0.6) is 0 Å². The molecule has 0 radical (unpaired) electrons. The van der Waals surface area contributed by atoms with Gasteiger partial charge in [-0.25, -0.2) is 0 Å². The Morgan fingerprint density at radius 3 is 3.00 bits per heavy atom. The van der Waals surface area contributed by atoms with E-state index in [0.29, 0.717) is 25.3 Å². The predicted molar refractivity (Wildman–Crippen MR) is 63.6 cm³/mol. The minimum atomic E-state index is -4.37. The lowest BCUT2D eigenvalue weighted by Gasteiger charge is -2.31. The molecule has 0 unspecified atom stereocenters. The summed E-state index contributed by atoms with van der Waals surface area (Å²) in [6.45, 7) is 0.474. The van der Waals surface area contributed by atoms with E-state index in [1.807, 2.05) is 10.2 Å². The van der Waals surface area contributed by atoms with Gasteiger partial charge in [0.1, 0.15) is 6.54 Å².